The maximum absolute atomic E-state index is 6.33. The number of halogens is 1. The fourth-order valence-corrected chi connectivity index (χ4v) is 2.69. The van der Waals surface area contributed by atoms with Crippen molar-refractivity contribution in [2.24, 2.45) is 11.7 Å². The molecule has 1 nitrogen and oxygen atoms in total. The number of hydrogen-bond acceptors (Lipinski definition) is 1. The van der Waals surface area contributed by atoms with Crippen LogP contribution in [0.4, 0.5) is 0 Å². The summed E-state index contributed by atoms with van der Waals surface area (Å²) in [7, 11) is 0. The first-order valence-electron chi connectivity index (χ1n) is 6.54. The van der Waals surface area contributed by atoms with E-state index in [1.165, 1.54) is 36.8 Å². The molecule has 0 bridgehead atoms. The molecule has 2 N–H and O–H groups in total. The summed E-state index contributed by atoms with van der Waals surface area (Å²) in [5, 5.41) is 0. The number of nitrogens with two attached hydrogens (primary N) is 1. The minimum atomic E-state index is 0. The molecule has 0 unspecified atom stereocenters. The molecule has 0 radical (unpaired) electrons. The molecule has 1 saturated carbocycles. The van der Waals surface area contributed by atoms with Crippen molar-refractivity contribution in [3.63, 3.8) is 0 Å². The molecule has 1 atom stereocenters. The highest BCUT2D eigenvalue weighted by atomic mass is 35.5. The normalized spacial score (nSPS) is 18.1. The van der Waals surface area contributed by atoms with Crippen molar-refractivity contribution in [2.75, 3.05) is 0 Å². The zero-order valence-electron chi connectivity index (χ0n) is 10.9. The Hall–Kier alpha value is -0.530. The topological polar surface area (TPSA) is 26.0 Å². The Labute approximate surface area is 111 Å². The minimum Gasteiger partial charge on any atom is -0.324 e. The third kappa shape index (κ3) is 3.46. The van der Waals surface area contributed by atoms with Crippen LogP contribution in [0.5, 0.6) is 0 Å². The van der Waals surface area contributed by atoms with E-state index in [9.17, 15) is 0 Å². The van der Waals surface area contributed by atoms with E-state index >= 15 is 0 Å². The second kappa shape index (κ2) is 6.42. The SMILES string of the molecule is CC(C)c1ccc([C@H](N)C2CCCC2)cc1.Cl. The Balaban J connectivity index is 0.00000144. The molecule has 1 aliphatic carbocycles. The Morgan fingerprint density at radius 3 is 1.94 bits per heavy atom. The Bertz CT molecular complexity index is 325. The molecule has 1 aliphatic rings. The third-order valence-electron chi connectivity index (χ3n) is 3.90. The van der Waals surface area contributed by atoms with Crippen LogP contribution in [0, 0.1) is 5.92 Å². The zero-order valence-corrected chi connectivity index (χ0v) is 11.7. The van der Waals surface area contributed by atoms with Gasteiger partial charge < -0.3 is 5.73 Å². The fraction of sp³-hybridized carbons (Fsp3) is 0.600. The molecule has 1 aromatic carbocycles. The van der Waals surface area contributed by atoms with E-state index in [0.717, 1.165) is 0 Å². The van der Waals surface area contributed by atoms with Crippen LogP contribution in [-0.2, 0) is 0 Å². The van der Waals surface area contributed by atoms with Crippen LogP contribution in [0.15, 0.2) is 24.3 Å². The molecule has 0 saturated heterocycles. The first-order valence-corrected chi connectivity index (χ1v) is 6.54. The third-order valence-corrected chi connectivity index (χ3v) is 3.90. The predicted molar refractivity (Wildman–Crippen MR) is 76.7 cm³/mol. The van der Waals surface area contributed by atoms with E-state index in [-0.39, 0.29) is 18.4 Å². The lowest BCUT2D eigenvalue weighted by Gasteiger charge is -2.19. The van der Waals surface area contributed by atoms with E-state index in [0.29, 0.717) is 11.8 Å². The van der Waals surface area contributed by atoms with Crippen LogP contribution >= 0.6 is 12.4 Å². The van der Waals surface area contributed by atoms with Gasteiger partial charge in [-0.2, -0.15) is 0 Å². The smallest absolute Gasteiger partial charge is 0.0323 e. The molecule has 0 spiro atoms. The first-order chi connectivity index (χ1) is 7.68. The van der Waals surface area contributed by atoms with Crippen LogP contribution in [-0.4, -0.2) is 0 Å². The standard InChI is InChI=1S/C15H23N.ClH/c1-11(2)12-7-9-14(10-8-12)15(16)13-5-3-4-6-13;/h7-11,13,15H,3-6,16H2,1-2H3;1H/t15-;/m1./s1. The van der Waals surface area contributed by atoms with Crippen LogP contribution in [0.2, 0.25) is 0 Å². The summed E-state index contributed by atoms with van der Waals surface area (Å²) in [4.78, 5) is 0. The second-order valence-electron chi connectivity index (χ2n) is 5.39. The van der Waals surface area contributed by atoms with Gasteiger partial charge in [0.1, 0.15) is 0 Å². The van der Waals surface area contributed by atoms with Gasteiger partial charge in [0, 0.05) is 6.04 Å². The summed E-state index contributed by atoms with van der Waals surface area (Å²) in [6.07, 6.45) is 5.35. The van der Waals surface area contributed by atoms with Gasteiger partial charge >= 0.3 is 0 Å². The van der Waals surface area contributed by atoms with Crippen molar-refractivity contribution in [1.82, 2.24) is 0 Å². The van der Waals surface area contributed by atoms with Crippen LogP contribution in [0.25, 0.3) is 0 Å². The number of hydrogen-bond donors (Lipinski definition) is 1. The lowest BCUT2D eigenvalue weighted by atomic mass is 9.91. The van der Waals surface area contributed by atoms with Crippen molar-refractivity contribution in [3.05, 3.63) is 35.4 Å². The highest BCUT2D eigenvalue weighted by molar-refractivity contribution is 5.85. The van der Waals surface area contributed by atoms with Crippen LogP contribution in [0.3, 0.4) is 0 Å². The Morgan fingerprint density at radius 2 is 1.47 bits per heavy atom. The molecular weight excluding hydrogens is 230 g/mol. The summed E-state index contributed by atoms with van der Waals surface area (Å²) < 4.78 is 0. The molecule has 1 fully saturated rings. The average molecular weight is 254 g/mol. The molecule has 0 heterocycles. The van der Waals surface area contributed by atoms with E-state index in [2.05, 4.69) is 38.1 Å². The van der Waals surface area contributed by atoms with Crippen molar-refractivity contribution in [2.45, 2.75) is 51.5 Å². The zero-order chi connectivity index (χ0) is 11.5. The molecule has 1 aromatic rings. The predicted octanol–water partition coefficient (Wildman–Crippen LogP) is 4.42. The van der Waals surface area contributed by atoms with E-state index in [1.807, 2.05) is 0 Å². The van der Waals surface area contributed by atoms with E-state index in [1.54, 1.807) is 0 Å². The fourth-order valence-electron chi connectivity index (χ4n) is 2.69. The summed E-state index contributed by atoms with van der Waals surface area (Å²) in [6, 6.07) is 9.16. The van der Waals surface area contributed by atoms with Crippen LogP contribution in [0.1, 0.15) is 62.6 Å². The monoisotopic (exact) mass is 253 g/mol. The maximum Gasteiger partial charge on any atom is 0.0323 e. The molecule has 0 aromatic heterocycles. The lowest BCUT2D eigenvalue weighted by Crippen LogP contribution is -2.19. The summed E-state index contributed by atoms with van der Waals surface area (Å²) in [6.45, 7) is 4.46. The van der Waals surface area contributed by atoms with Gasteiger partial charge in [-0.3, -0.25) is 0 Å². The molecule has 96 valence electrons. The van der Waals surface area contributed by atoms with Gasteiger partial charge in [-0.25, -0.2) is 0 Å². The summed E-state index contributed by atoms with van der Waals surface area (Å²) in [5.74, 6) is 1.32. The van der Waals surface area contributed by atoms with Gasteiger partial charge in [0.15, 0.2) is 0 Å². The molecule has 0 aliphatic heterocycles. The quantitative estimate of drug-likeness (QED) is 0.848. The first kappa shape index (κ1) is 14.5. The minimum absolute atomic E-state index is 0. The molecule has 17 heavy (non-hydrogen) atoms. The molecular formula is C15H24ClN. The highest BCUT2D eigenvalue weighted by Gasteiger charge is 2.22. The summed E-state index contributed by atoms with van der Waals surface area (Å²) in [5.41, 5.74) is 9.05. The Kier molecular flexibility index (Phi) is 5.48. The second-order valence-corrected chi connectivity index (χ2v) is 5.39. The Morgan fingerprint density at radius 1 is 1.00 bits per heavy atom. The maximum atomic E-state index is 6.33. The van der Waals surface area contributed by atoms with Crippen molar-refractivity contribution in [1.29, 1.82) is 0 Å². The van der Waals surface area contributed by atoms with E-state index < -0.39 is 0 Å². The van der Waals surface area contributed by atoms with Gasteiger partial charge in [0.25, 0.3) is 0 Å². The van der Waals surface area contributed by atoms with Crippen molar-refractivity contribution >= 4 is 12.4 Å². The molecule has 2 rings (SSSR count). The van der Waals surface area contributed by atoms with Gasteiger partial charge in [-0.15, -0.1) is 12.4 Å². The molecule has 0 amide bonds. The number of rotatable bonds is 3. The summed E-state index contributed by atoms with van der Waals surface area (Å²) >= 11 is 0. The molecule has 2 heteroatoms. The van der Waals surface area contributed by atoms with Crippen molar-refractivity contribution in [3.8, 4) is 0 Å². The lowest BCUT2D eigenvalue weighted by molar-refractivity contribution is 0.445. The van der Waals surface area contributed by atoms with Gasteiger partial charge in [-0.05, 0) is 35.8 Å². The largest absolute Gasteiger partial charge is 0.324 e. The highest BCUT2D eigenvalue weighted by Crippen LogP contribution is 2.34. The van der Waals surface area contributed by atoms with Gasteiger partial charge in [0.2, 0.25) is 0 Å². The van der Waals surface area contributed by atoms with Gasteiger partial charge in [-0.1, -0.05) is 51.0 Å². The van der Waals surface area contributed by atoms with Crippen LogP contribution < -0.4 is 5.73 Å². The average Bonchev–Trinajstić information content (AvgIpc) is 2.81. The van der Waals surface area contributed by atoms with E-state index in [4.69, 9.17) is 5.73 Å². The number of benzene rings is 1. The van der Waals surface area contributed by atoms with Crippen molar-refractivity contribution < 1.29 is 0 Å². The van der Waals surface area contributed by atoms with Gasteiger partial charge in [0.05, 0.1) is 0 Å².